The minimum Gasteiger partial charge on any atom is -0.478 e. The fraction of sp³-hybridized carbons (Fsp3) is 0.297. The van der Waals surface area contributed by atoms with E-state index < -0.39 is 24.3 Å². The van der Waals surface area contributed by atoms with Crippen molar-refractivity contribution in [2.45, 2.75) is 63.0 Å². The van der Waals surface area contributed by atoms with Crippen molar-refractivity contribution in [1.29, 1.82) is 0 Å². The summed E-state index contributed by atoms with van der Waals surface area (Å²) in [6.45, 7) is 3.70. The van der Waals surface area contributed by atoms with Crippen LogP contribution >= 0.6 is 11.8 Å². The maximum Gasteiger partial charge on any atom is 0.338 e. The molecule has 250 valence electrons. The molecule has 1 saturated heterocycles. The van der Waals surface area contributed by atoms with Crippen LogP contribution in [-0.4, -0.2) is 50.9 Å². The smallest absolute Gasteiger partial charge is 0.338 e. The predicted molar refractivity (Wildman–Crippen MR) is 181 cm³/mol. The first kappa shape index (κ1) is 34.8. The number of aromatic carboxylic acids is 1. The van der Waals surface area contributed by atoms with E-state index in [1.807, 2.05) is 85.8 Å². The quantitative estimate of drug-likeness (QED) is 0.129. The summed E-state index contributed by atoms with van der Waals surface area (Å²) in [7, 11) is 0. The molecule has 48 heavy (non-hydrogen) atoms. The second-order valence-electron chi connectivity index (χ2n) is 11.7. The van der Waals surface area contributed by atoms with Gasteiger partial charge in [-0.25, -0.2) is 14.6 Å². The molecule has 4 N–H and O–H groups in total. The number of nitrogens with one attached hydrogen (secondary N) is 2. The number of amides is 2. The number of hydrogen-bond donors (Lipinski definition) is 4. The van der Waals surface area contributed by atoms with Crippen molar-refractivity contribution >= 4 is 29.5 Å². The highest BCUT2D eigenvalue weighted by atomic mass is 32.2. The van der Waals surface area contributed by atoms with Crippen LogP contribution in [0.1, 0.15) is 64.4 Å². The van der Waals surface area contributed by atoms with Crippen LogP contribution < -0.4 is 10.6 Å². The molecule has 0 radical (unpaired) electrons. The summed E-state index contributed by atoms with van der Waals surface area (Å²) in [5.41, 5.74) is 4.47. The maximum absolute atomic E-state index is 12.7. The highest BCUT2D eigenvalue weighted by Crippen LogP contribution is 2.43. The highest BCUT2D eigenvalue weighted by Gasteiger charge is 2.38. The van der Waals surface area contributed by atoms with Gasteiger partial charge in [0, 0.05) is 30.0 Å². The van der Waals surface area contributed by atoms with Crippen LogP contribution in [0, 0.1) is 5.92 Å². The number of urea groups is 1. The van der Waals surface area contributed by atoms with Crippen molar-refractivity contribution in [3.8, 4) is 0 Å². The van der Waals surface area contributed by atoms with Gasteiger partial charge in [-0.2, -0.15) is 0 Å². The summed E-state index contributed by atoms with van der Waals surface area (Å²) < 4.78 is 13.0. The molecule has 2 heterocycles. The molecule has 1 aromatic heterocycles. The standard InChI is InChI=1S/C37H39N3O7S/c1-23-32(22-48-34-30(35(43)44)9-6-18-38-34)46-36(47-33(23)28-14-12-27(21-41)13-15-28)29-16-10-26(11-17-29)20-39-37(45)40-31(24(2)42)19-25-7-4-3-5-8-25/h3-18,23,31-33,36,41H,19-22H2,1-2H3,(H,43,44)(H2,39,40,45). The molecule has 0 aliphatic carbocycles. The maximum atomic E-state index is 12.7. The SMILES string of the molecule is CC(=O)C(Cc1ccccc1)NC(=O)NCc1ccc(C2OC(CSc3ncccc3C(=O)O)C(C)C(c3ccc(CO)cc3)O2)cc1. The van der Waals surface area contributed by atoms with Gasteiger partial charge in [0.05, 0.1) is 30.4 Å². The van der Waals surface area contributed by atoms with Crippen molar-refractivity contribution in [2.24, 2.45) is 5.92 Å². The molecule has 0 bridgehead atoms. The van der Waals surface area contributed by atoms with Gasteiger partial charge in [0.15, 0.2) is 12.1 Å². The van der Waals surface area contributed by atoms with Gasteiger partial charge in [-0.3, -0.25) is 4.79 Å². The number of Topliss-reactive ketones (excluding diaryl/α,β-unsaturated/α-hetero) is 1. The number of carbonyl (C=O) groups excluding carboxylic acids is 2. The van der Waals surface area contributed by atoms with E-state index in [9.17, 15) is 24.6 Å². The first-order valence-corrected chi connectivity index (χ1v) is 16.7. The van der Waals surface area contributed by atoms with Crippen molar-refractivity contribution in [3.05, 3.63) is 131 Å². The molecule has 10 nitrogen and oxygen atoms in total. The molecular weight excluding hydrogens is 630 g/mol. The largest absolute Gasteiger partial charge is 0.478 e. The van der Waals surface area contributed by atoms with Gasteiger partial charge in [0.1, 0.15) is 5.03 Å². The number of hydrogen-bond acceptors (Lipinski definition) is 8. The Bertz CT molecular complexity index is 1690. The van der Waals surface area contributed by atoms with E-state index in [2.05, 4.69) is 15.6 Å². The number of benzene rings is 3. The van der Waals surface area contributed by atoms with Crippen molar-refractivity contribution < 1.29 is 34.1 Å². The molecule has 5 atom stereocenters. The molecule has 1 fully saturated rings. The number of thioether (sulfide) groups is 1. The van der Waals surface area contributed by atoms with Gasteiger partial charge in [-0.05, 0) is 47.7 Å². The van der Waals surface area contributed by atoms with Crippen LogP contribution in [0.2, 0.25) is 0 Å². The van der Waals surface area contributed by atoms with E-state index in [0.29, 0.717) is 17.2 Å². The summed E-state index contributed by atoms with van der Waals surface area (Å²) in [5, 5.41) is 25.2. The van der Waals surface area contributed by atoms with Gasteiger partial charge in [-0.15, -0.1) is 11.8 Å². The zero-order chi connectivity index (χ0) is 34.0. The van der Waals surface area contributed by atoms with Crippen LogP contribution in [0.3, 0.4) is 0 Å². The number of pyridine rings is 1. The average molecular weight is 670 g/mol. The monoisotopic (exact) mass is 669 g/mol. The zero-order valence-corrected chi connectivity index (χ0v) is 27.6. The summed E-state index contributed by atoms with van der Waals surface area (Å²) in [5.74, 6) is -0.800. The Balaban J connectivity index is 1.26. The summed E-state index contributed by atoms with van der Waals surface area (Å²) >= 11 is 1.33. The number of rotatable bonds is 13. The van der Waals surface area contributed by atoms with E-state index in [0.717, 1.165) is 27.8 Å². The van der Waals surface area contributed by atoms with Crippen LogP contribution in [0.5, 0.6) is 0 Å². The Kier molecular flexibility index (Phi) is 12.0. The number of aliphatic hydroxyl groups excluding tert-OH is 1. The van der Waals surface area contributed by atoms with Crippen LogP contribution in [0.15, 0.2) is 102 Å². The van der Waals surface area contributed by atoms with Crippen molar-refractivity contribution in [3.63, 3.8) is 0 Å². The molecule has 1 aliphatic heterocycles. The van der Waals surface area contributed by atoms with Gasteiger partial charge in [0.2, 0.25) is 0 Å². The molecular formula is C37H39N3O7S. The molecule has 5 rings (SSSR count). The van der Waals surface area contributed by atoms with Crippen LogP contribution in [0.4, 0.5) is 4.79 Å². The number of ketones is 1. The minimum atomic E-state index is -1.04. The Labute approximate surface area is 283 Å². The fourth-order valence-corrected chi connectivity index (χ4v) is 6.62. The van der Waals surface area contributed by atoms with Gasteiger partial charge < -0.3 is 30.3 Å². The van der Waals surface area contributed by atoms with E-state index in [4.69, 9.17) is 9.47 Å². The Hall–Kier alpha value is -4.55. The fourth-order valence-electron chi connectivity index (χ4n) is 5.47. The van der Waals surface area contributed by atoms with E-state index in [-0.39, 0.29) is 42.6 Å². The average Bonchev–Trinajstić information content (AvgIpc) is 3.11. The number of ether oxygens (including phenoxy) is 2. The van der Waals surface area contributed by atoms with Crippen LogP contribution in [0.25, 0.3) is 0 Å². The topological polar surface area (TPSA) is 147 Å². The van der Waals surface area contributed by atoms with Gasteiger partial charge >= 0.3 is 12.0 Å². The number of carboxylic acid groups (broad SMARTS) is 1. The molecule has 4 aromatic rings. The normalized spacial score (nSPS) is 19.6. The third-order valence-corrected chi connectivity index (χ3v) is 9.39. The molecule has 11 heteroatoms. The predicted octanol–water partition coefficient (Wildman–Crippen LogP) is 5.86. The summed E-state index contributed by atoms with van der Waals surface area (Å²) in [6.07, 6.45) is 0.628. The second-order valence-corrected chi connectivity index (χ2v) is 12.7. The van der Waals surface area contributed by atoms with E-state index in [1.165, 1.54) is 24.8 Å². The number of aromatic nitrogens is 1. The lowest BCUT2D eigenvalue weighted by molar-refractivity contribution is -0.268. The first-order valence-electron chi connectivity index (χ1n) is 15.7. The Morgan fingerprint density at radius 3 is 2.23 bits per heavy atom. The zero-order valence-electron chi connectivity index (χ0n) is 26.7. The Morgan fingerprint density at radius 2 is 1.56 bits per heavy atom. The number of nitrogens with zero attached hydrogens (tertiary/aromatic N) is 1. The molecule has 1 aliphatic rings. The molecule has 2 amide bonds. The summed E-state index contributed by atoms with van der Waals surface area (Å²) in [6, 6.07) is 26.8. The number of carbonyl (C=O) groups is 3. The minimum absolute atomic E-state index is 0.0593. The molecule has 0 saturated carbocycles. The molecule has 3 aromatic carbocycles. The third kappa shape index (κ3) is 9.07. The van der Waals surface area contributed by atoms with Crippen LogP contribution in [-0.2, 0) is 33.8 Å². The number of aliphatic hydroxyl groups is 1. The lowest BCUT2D eigenvalue weighted by Gasteiger charge is -2.41. The van der Waals surface area contributed by atoms with Crippen molar-refractivity contribution in [1.82, 2.24) is 15.6 Å². The second kappa shape index (κ2) is 16.5. The van der Waals surface area contributed by atoms with Gasteiger partial charge in [-0.1, -0.05) is 85.8 Å². The third-order valence-electron chi connectivity index (χ3n) is 8.29. The lowest BCUT2D eigenvalue weighted by Crippen LogP contribution is -2.46. The van der Waals surface area contributed by atoms with Gasteiger partial charge in [0.25, 0.3) is 0 Å². The summed E-state index contributed by atoms with van der Waals surface area (Å²) in [4.78, 5) is 40.9. The number of carboxylic acids is 1. The first-order chi connectivity index (χ1) is 23.2. The Morgan fingerprint density at radius 1 is 0.875 bits per heavy atom. The van der Waals surface area contributed by atoms with Crippen molar-refractivity contribution in [2.75, 3.05) is 5.75 Å². The molecule has 5 unspecified atom stereocenters. The van der Waals surface area contributed by atoms with E-state index in [1.54, 1.807) is 12.3 Å². The molecule has 0 spiro atoms. The lowest BCUT2D eigenvalue weighted by atomic mass is 9.91. The van der Waals surface area contributed by atoms with E-state index >= 15 is 0 Å². The highest BCUT2D eigenvalue weighted by molar-refractivity contribution is 7.99.